The van der Waals surface area contributed by atoms with Crippen LogP contribution in [0, 0.1) is 0 Å². The van der Waals surface area contributed by atoms with E-state index in [1.54, 1.807) is 6.92 Å². The van der Waals surface area contributed by atoms with E-state index in [4.69, 9.17) is 9.84 Å². The summed E-state index contributed by atoms with van der Waals surface area (Å²) in [5, 5.41) is 8.43. The van der Waals surface area contributed by atoms with Gasteiger partial charge in [0, 0.05) is 22.7 Å². The molecule has 1 saturated carbocycles. The molecule has 0 aromatic heterocycles. The Bertz CT molecular complexity index is 344. The van der Waals surface area contributed by atoms with E-state index in [-0.39, 0.29) is 10.9 Å². The summed E-state index contributed by atoms with van der Waals surface area (Å²) in [4.78, 5) is 11.2. The Morgan fingerprint density at radius 3 is 2.68 bits per heavy atom. The molecule has 1 spiro atoms. The van der Waals surface area contributed by atoms with Gasteiger partial charge in [-0.05, 0) is 32.1 Å². The topological polar surface area (TPSA) is 63.6 Å². The summed E-state index contributed by atoms with van der Waals surface area (Å²) < 4.78 is 18.5. The maximum atomic E-state index is 12.5. The summed E-state index contributed by atoms with van der Waals surface area (Å²) in [5.74, 6) is -0.926. The lowest BCUT2D eigenvalue weighted by atomic mass is 9.80. The second-order valence-electron chi connectivity index (χ2n) is 5.77. The molecular formula is C14H24O4S. The van der Waals surface area contributed by atoms with Crippen molar-refractivity contribution in [1.82, 2.24) is 0 Å². The first-order valence-corrected chi connectivity index (χ1v) is 8.62. The third-order valence-corrected chi connectivity index (χ3v) is 6.62. The standard InChI is InChI=1S/C14H24O4S/c1-2-12(13(15)16)19(17)11-6-9-18-14(10-11)7-4-3-5-8-14/h11-12H,2-10H2,1H3,(H,15,16). The van der Waals surface area contributed by atoms with E-state index in [2.05, 4.69) is 0 Å². The van der Waals surface area contributed by atoms with Crippen molar-refractivity contribution < 1.29 is 18.8 Å². The van der Waals surface area contributed by atoms with E-state index in [0.29, 0.717) is 13.0 Å². The van der Waals surface area contributed by atoms with Crippen molar-refractivity contribution in [3.63, 3.8) is 0 Å². The third kappa shape index (κ3) is 3.37. The fraction of sp³-hybridized carbons (Fsp3) is 0.929. The van der Waals surface area contributed by atoms with Crippen LogP contribution in [0.3, 0.4) is 0 Å². The lowest BCUT2D eigenvalue weighted by Crippen LogP contribution is -2.46. The molecule has 2 rings (SSSR count). The van der Waals surface area contributed by atoms with Gasteiger partial charge in [-0.25, -0.2) is 0 Å². The van der Waals surface area contributed by atoms with Crippen LogP contribution >= 0.6 is 0 Å². The van der Waals surface area contributed by atoms with Gasteiger partial charge in [-0.1, -0.05) is 26.2 Å². The zero-order chi connectivity index (χ0) is 13.9. The lowest BCUT2D eigenvalue weighted by Gasteiger charge is -2.43. The molecule has 2 aliphatic rings. The number of rotatable bonds is 4. The third-order valence-electron chi connectivity index (χ3n) is 4.47. The molecule has 1 heterocycles. The van der Waals surface area contributed by atoms with Gasteiger partial charge in [0.1, 0.15) is 5.25 Å². The van der Waals surface area contributed by atoms with Crippen LogP contribution in [0.15, 0.2) is 0 Å². The van der Waals surface area contributed by atoms with Crippen molar-refractivity contribution in [1.29, 1.82) is 0 Å². The number of hydrogen-bond donors (Lipinski definition) is 1. The normalized spacial score (nSPS) is 29.8. The zero-order valence-corrected chi connectivity index (χ0v) is 12.4. The molecule has 1 N–H and O–H groups in total. The summed E-state index contributed by atoms with van der Waals surface area (Å²) in [7, 11) is -1.28. The van der Waals surface area contributed by atoms with E-state index in [9.17, 15) is 9.00 Å². The van der Waals surface area contributed by atoms with Crippen molar-refractivity contribution in [3.8, 4) is 0 Å². The van der Waals surface area contributed by atoms with Gasteiger partial charge in [-0.3, -0.25) is 9.00 Å². The van der Waals surface area contributed by atoms with Crippen LogP contribution in [0.4, 0.5) is 0 Å². The minimum atomic E-state index is -1.28. The van der Waals surface area contributed by atoms with Crippen molar-refractivity contribution in [3.05, 3.63) is 0 Å². The SMILES string of the molecule is CCC(C(=O)O)S(=O)C1CCOC2(CCCCC2)C1. The van der Waals surface area contributed by atoms with E-state index in [1.807, 2.05) is 0 Å². The van der Waals surface area contributed by atoms with E-state index in [1.165, 1.54) is 19.3 Å². The Hall–Kier alpha value is -0.420. The quantitative estimate of drug-likeness (QED) is 0.863. The minimum Gasteiger partial charge on any atom is -0.480 e. The number of carbonyl (C=O) groups is 1. The minimum absolute atomic E-state index is 0.00657. The van der Waals surface area contributed by atoms with E-state index < -0.39 is 22.0 Å². The largest absolute Gasteiger partial charge is 0.480 e. The highest BCUT2D eigenvalue weighted by Gasteiger charge is 2.42. The molecule has 0 aromatic rings. The molecule has 4 nitrogen and oxygen atoms in total. The molecule has 1 saturated heterocycles. The van der Waals surface area contributed by atoms with Crippen LogP contribution in [0.1, 0.15) is 58.3 Å². The van der Waals surface area contributed by atoms with Gasteiger partial charge in [0.2, 0.25) is 0 Å². The van der Waals surface area contributed by atoms with Crippen LogP contribution in [0.5, 0.6) is 0 Å². The molecule has 3 unspecified atom stereocenters. The zero-order valence-electron chi connectivity index (χ0n) is 11.6. The van der Waals surface area contributed by atoms with Gasteiger partial charge in [-0.15, -0.1) is 0 Å². The summed E-state index contributed by atoms with van der Waals surface area (Å²) in [6.45, 7) is 2.43. The molecule has 0 bridgehead atoms. The number of hydrogen-bond acceptors (Lipinski definition) is 3. The van der Waals surface area contributed by atoms with Crippen molar-refractivity contribution in [2.24, 2.45) is 0 Å². The molecule has 0 amide bonds. The lowest BCUT2D eigenvalue weighted by molar-refractivity contribution is -0.136. The monoisotopic (exact) mass is 288 g/mol. The van der Waals surface area contributed by atoms with Gasteiger partial charge in [0.15, 0.2) is 0 Å². The smallest absolute Gasteiger partial charge is 0.319 e. The van der Waals surface area contributed by atoms with Crippen molar-refractivity contribution >= 4 is 16.8 Å². The average Bonchev–Trinajstić information content (AvgIpc) is 2.40. The Balaban J connectivity index is 2.04. The van der Waals surface area contributed by atoms with Crippen molar-refractivity contribution in [2.75, 3.05) is 6.61 Å². The molecule has 5 heteroatoms. The number of carboxylic acids is 1. The second-order valence-corrected chi connectivity index (χ2v) is 7.66. The molecule has 110 valence electrons. The van der Waals surface area contributed by atoms with Crippen LogP contribution in [-0.4, -0.2) is 38.0 Å². The number of aliphatic carboxylic acids is 1. The molecule has 1 aliphatic carbocycles. The summed E-state index contributed by atoms with van der Waals surface area (Å²) in [5.41, 5.74) is -0.104. The van der Waals surface area contributed by atoms with Gasteiger partial charge in [0.05, 0.1) is 5.60 Å². The van der Waals surface area contributed by atoms with Crippen LogP contribution < -0.4 is 0 Å². The van der Waals surface area contributed by atoms with Gasteiger partial charge in [-0.2, -0.15) is 0 Å². The Labute approximate surface area is 117 Å². The maximum Gasteiger partial charge on any atom is 0.319 e. The van der Waals surface area contributed by atoms with Crippen LogP contribution in [0.2, 0.25) is 0 Å². The van der Waals surface area contributed by atoms with Crippen LogP contribution in [0.25, 0.3) is 0 Å². The first kappa shape index (κ1) is 15.0. The molecular weight excluding hydrogens is 264 g/mol. The maximum absolute atomic E-state index is 12.5. The predicted octanol–water partition coefficient (Wildman–Crippen LogP) is 2.48. The summed E-state index contributed by atoms with van der Waals surface area (Å²) >= 11 is 0. The van der Waals surface area contributed by atoms with Gasteiger partial charge >= 0.3 is 5.97 Å². The average molecular weight is 288 g/mol. The fourth-order valence-electron chi connectivity index (χ4n) is 3.40. The number of ether oxygens (including phenoxy) is 1. The Kier molecular flexibility index (Phi) is 5.01. The molecule has 0 radical (unpaired) electrons. The van der Waals surface area contributed by atoms with Crippen molar-refractivity contribution in [2.45, 2.75) is 74.4 Å². The molecule has 2 fully saturated rings. The molecule has 0 aromatic carbocycles. The first-order chi connectivity index (χ1) is 9.08. The van der Waals surface area contributed by atoms with E-state index in [0.717, 1.165) is 25.7 Å². The summed E-state index contributed by atoms with van der Waals surface area (Å²) in [6.07, 6.45) is 7.65. The Morgan fingerprint density at radius 2 is 2.11 bits per heavy atom. The highest BCUT2D eigenvalue weighted by atomic mass is 32.2. The van der Waals surface area contributed by atoms with Crippen LogP contribution in [-0.2, 0) is 20.3 Å². The fourth-order valence-corrected chi connectivity index (χ4v) is 5.18. The Morgan fingerprint density at radius 1 is 1.42 bits per heavy atom. The predicted molar refractivity (Wildman–Crippen MR) is 74.6 cm³/mol. The summed E-state index contributed by atoms with van der Waals surface area (Å²) in [6, 6.07) is 0. The van der Waals surface area contributed by atoms with E-state index >= 15 is 0 Å². The highest BCUT2D eigenvalue weighted by Crippen LogP contribution is 2.40. The molecule has 19 heavy (non-hydrogen) atoms. The van der Waals surface area contributed by atoms with Gasteiger partial charge in [0.25, 0.3) is 0 Å². The molecule has 3 atom stereocenters. The second kappa shape index (κ2) is 6.35. The first-order valence-electron chi connectivity index (χ1n) is 7.34. The number of carboxylic acid groups (broad SMARTS) is 1. The highest BCUT2D eigenvalue weighted by molar-refractivity contribution is 7.87. The molecule has 1 aliphatic heterocycles. The van der Waals surface area contributed by atoms with Gasteiger partial charge < -0.3 is 9.84 Å².